The van der Waals surface area contributed by atoms with Crippen molar-refractivity contribution in [2.75, 3.05) is 68.7 Å². The first-order chi connectivity index (χ1) is 21.4. The van der Waals surface area contributed by atoms with Crippen LogP contribution in [0.2, 0.25) is 0 Å². The molecule has 0 unspecified atom stereocenters. The van der Waals surface area contributed by atoms with Crippen molar-refractivity contribution in [1.82, 2.24) is 19.9 Å². The number of anilines is 6. The highest BCUT2D eigenvalue weighted by atomic mass is 16.5. The maximum absolute atomic E-state index is 13.3. The summed E-state index contributed by atoms with van der Waals surface area (Å²) < 4.78 is 11.3. The Bertz CT molecular complexity index is 1640. The van der Waals surface area contributed by atoms with Crippen LogP contribution in [0.15, 0.2) is 30.5 Å². The molecule has 0 atom stereocenters. The monoisotopic (exact) mass is 612 g/mol. The Balaban J connectivity index is 1.52. The van der Waals surface area contributed by atoms with Crippen molar-refractivity contribution < 1.29 is 14.3 Å². The lowest BCUT2D eigenvalue weighted by molar-refractivity contribution is 0.0378. The van der Waals surface area contributed by atoms with Gasteiger partial charge in [-0.25, -0.2) is 14.8 Å². The van der Waals surface area contributed by atoms with Gasteiger partial charge in [-0.1, -0.05) is 19.8 Å². The minimum atomic E-state index is -0.496. The number of fused-ring (bicyclic) bond motifs is 1. The van der Waals surface area contributed by atoms with Crippen LogP contribution in [-0.4, -0.2) is 79.8 Å². The summed E-state index contributed by atoms with van der Waals surface area (Å²) in [4.78, 5) is 33.8. The molecule has 1 aliphatic carbocycles. The zero-order chi connectivity index (χ0) is 32.5. The maximum Gasteiger partial charge on any atom is 0.343 e. The number of nitrogens with one attached hydrogen (secondary N) is 1. The third kappa shape index (κ3) is 7.23. The SMILES string of the molecule is COc1cc(N(C)CCN(C)C)c(N)cc1Nc1ncc(C(=O)OC(C)C)c(N2CC(C)(C)c3nc(C#CC4CC4)ccc32)n1. The van der Waals surface area contributed by atoms with Gasteiger partial charge in [0.1, 0.15) is 17.0 Å². The standard InChI is InChI=1S/C34H44N8O3/c1-21(2)45-32(43)24-19-36-33(38-26-17-25(35)28(18-29(26)44-8)41(7)16-15-40(5)6)39-31(24)42-20-34(3,4)30-27(42)14-13-23(37-30)12-11-22-9-10-22/h13-14,17-19,21-22H,9-10,15-16,20,35H2,1-8H3,(H,36,38,39). The molecule has 1 saturated carbocycles. The second kappa shape index (κ2) is 12.8. The van der Waals surface area contributed by atoms with Crippen LogP contribution in [0.3, 0.4) is 0 Å². The minimum Gasteiger partial charge on any atom is -0.494 e. The number of ether oxygens (including phenoxy) is 2. The van der Waals surface area contributed by atoms with Gasteiger partial charge in [0, 0.05) is 50.3 Å². The van der Waals surface area contributed by atoms with E-state index in [2.05, 4.69) is 45.8 Å². The predicted molar refractivity (Wildman–Crippen MR) is 179 cm³/mol. The van der Waals surface area contributed by atoms with Gasteiger partial charge < -0.3 is 35.2 Å². The van der Waals surface area contributed by atoms with Crippen LogP contribution in [0.25, 0.3) is 0 Å². The summed E-state index contributed by atoms with van der Waals surface area (Å²) in [5.74, 6) is 7.82. The molecule has 45 heavy (non-hydrogen) atoms. The summed E-state index contributed by atoms with van der Waals surface area (Å²) in [7, 11) is 7.68. The van der Waals surface area contributed by atoms with Gasteiger partial charge >= 0.3 is 5.97 Å². The van der Waals surface area contributed by atoms with E-state index in [0.717, 1.165) is 48.7 Å². The zero-order valence-electron chi connectivity index (χ0n) is 27.6. The summed E-state index contributed by atoms with van der Waals surface area (Å²) in [6.45, 7) is 10.1. The van der Waals surface area contributed by atoms with Gasteiger partial charge in [-0.15, -0.1) is 0 Å². The van der Waals surface area contributed by atoms with Gasteiger partial charge in [-0.05, 0) is 64.9 Å². The largest absolute Gasteiger partial charge is 0.494 e. The molecule has 1 fully saturated rings. The van der Waals surface area contributed by atoms with Gasteiger partial charge in [-0.2, -0.15) is 4.98 Å². The van der Waals surface area contributed by atoms with E-state index >= 15 is 0 Å². The Morgan fingerprint density at radius 2 is 1.93 bits per heavy atom. The highest BCUT2D eigenvalue weighted by Crippen LogP contribution is 2.44. The molecule has 3 aromatic rings. The molecule has 0 spiro atoms. The normalized spacial score (nSPS) is 15.0. The highest BCUT2D eigenvalue weighted by Gasteiger charge is 2.40. The number of hydrogen-bond acceptors (Lipinski definition) is 11. The van der Waals surface area contributed by atoms with Crippen molar-refractivity contribution in [1.29, 1.82) is 0 Å². The van der Waals surface area contributed by atoms with E-state index in [9.17, 15) is 4.79 Å². The smallest absolute Gasteiger partial charge is 0.343 e. The average molecular weight is 613 g/mol. The number of benzene rings is 1. The minimum absolute atomic E-state index is 0.264. The molecule has 1 aliphatic heterocycles. The molecular formula is C34H44N8O3. The molecule has 3 N–H and O–H groups in total. The molecule has 0 saturated heterocycles. The second-order valence-electron chi connectivity index (χ2n) is 12.9. The third-order valence-electron chi connectivity index (χ3n) is 7.82. The summed E-state index contributed by atoms with van der Waals surface area (Å²) >= 11 is 0. The summed E-state index contributed by atoms with van der Waals surface area (Å²) in [5, 5.41) is 3.27. The Kier molecular flexibility index (Phi) is 9.07. The van der Waals surface area contributed by atoms with E-state index in [4.69, 9.17) is 25.2 Å². The number of nitrogens with zero attached hydrogens (tertiary/aromatic N) is 6. The first-order valence-electron chi connectivity index (χ1n) is 15.3. The number of aromatic nitrogens is 3. The quantitative estimate of drug-likeness (QED) is 0.184. The van der Waals surface area contributed by atoms with E-state index < -0.39 is 5.97 Å². The van der Waals surface area contributed by atoms with Crippen LogP contribution in [0.4, 0.5) is 34.5 Å². The number of pyridine rings is 1. The third-order valence-corrected chi connectivity index (χ3v) is 7.82. The molecule has 2 aliphatic rings. The fraction of sp³-hybridized carbons (Fsp3) is 0.471. The molecule has 0 radical (unpaired) electrons. The molecule has 5 rings (SSSR count). The molecule has 2 aromatic heterocycles. The number of nitrogen functional groups attached to an aromatic ring is 1. The summed E-state index contributed by atoms with van der Waals surface area (Å²) in [5.41, 5.74) is 11.0. The van der Waals surface area contributed by atoms with Crippen molar-refractivity contribution in [2.24, 2.45) is 5.92 Å². The van der Waals surface area contributed by atoms with Crippen molar-refractivity contribution in [3.63, 3.8) is 0 Å². The Hall–Kier alpha value is -4.56. The first kappa shape index (κ1) is 31.9. The van der Waals surface area contributed by atoms with Crippen LogP contribution in [0, 0.1) is 17.8 Å². The molecule has 11 nitrogen and oxygen atoms in total. The van der Waals surface area contributed by atoms with E-state index in [1.54, 1.807) is 7.11 Å². The molecule has 1 aromatic carbocycles. The fourth-order valence-electron chi connectivity index (χ4n) is 5.22. The maximum atomic E-state index is 13.3. The molecular weight excluding hydrogens is 568 g/mol. The predicted octanol–water partition coefficient (Wildman–Crippen LogP) is 4.96. The van der Waals surface area contributed by atoms with Crippen molar-refractivity contribution in [3.8, 4) is 17.6 Å². The average Bonchev–Trinajstić information content (AvgIpc) is 3.78. The van der Waals surface area contributed by atoms with Gasteiger partial charge in [0.2, 0.25) is 5.95 Å². The van der Waals surface area contributed by atoms with Crippen molar-refractivity contribution >= 4 is 40.5 Å². The van der Waals surface area contributed by atoms with Crippen LogP contribution in [0.5, 0.6) is 5.75 Å². The van der Waals surface area contributed by atoms with Crippen molar-refractivity contribution in [3.05, 3.63) is 47.4 Å². The lowest BCUT2D eigenvalue weighted by Crippen LogP contribution is -2.29. The Morgan fingerprint density at radius 1 is 1.18 bits per heavy atom. The van der Waals surface area contributed by atoms with Gasteiger partial charge in [0.05, 0.1) is 41.7 Å². The van der Waals surface area contributed by atoms with Crippen LogP contribution < -0.4 is 25.6 Å². The molecule has 0 amide bonds. The highest BCUT2D eigenvalue weighted by molar-refractivity contribution is 5.96. The molecule has 11 heteroatoms. The van der Waals surface area contributed by atoms with Crippen LogP contribution in [-0.2, 0) is 10.2 Å². The second-order valence-corrected chi connectivity index (χ2v) is 12.9. The number of esters is 1. The lowest BCUT2D eigenvalue weighted by atomic mass is 9.91. The number of hydrogen-bond donors (Lipinski definition) is 2. The first-order valence-corrected chi connectivity index (χ1v) is 15.3. The summed E-state index contributed by atoms with van der Waals surface area (Å²) in [6.07, 6.45) is 3.52. The molecule has 0 bridgehead atoms. The topological polar surface area (TPSA) is 122 Å². The van der Waals surface area contributed by atoms with Gasteiger partial charge in [0.15, 0.2) is 5.82 Å². The zero-order valence-corrected chi connectivity index (χ0v) is 27.6. The van der Waals surface area contributed by atoms with E-state index in [1.807, 2.05) is 64.2 Å². The number of methoxy groups -OCH3 is 1. The van der Waals surface area contributed by atoms with E-state index in [0.29, 0.717) is 35.4 Å². The Morgan fingerprint density at radius 3 is 2.60 bits per heavy atom. The van der Waals surface area contributed by atoms with Crippen LogP contribution in [0.1, 0.15) is 62.3 Å². The number of rotatable bonds is 10. The van der Waals surface area contributed by atoms with Crippen molar-refractivity contribution in [2.45, 2.75) is 52.1 Å². The number of carbonyl (C=O) groups is 1. The number of likely N-dealkylation sites (N-methyl/N-ethyl adjacent to an activating group) is 2. The lowest BCUT2D eigenvalue weighted by Gasteiger charge is -2.25. The number of nitrogens with two attached hydrogens (primary N) is 1. The van der Waals surface area contributed by atoms with E-state index in [1.165, 1.54) is 6.20 Å². The molecule has 3 heterocycles. The fourth-order valence-corrected chi connectivity index (χ4v) is 5.22. The number of carbonyl (C=O) groups excluding carboxylic acids is 1. The van der Waals surface area contributed by atoms with Gasteiger partial charge in [-0.3, -0.25) is 0 Å². The van der Waals surface area contributed by atoms with E-state index in [-0.39, 0.29) is 23.0 Å². The van der Waals surface area contributed by atoms with Gasteiger partial charge in [0.25, 0.3) is 0 Å². The summed E-state index contributed by atoms with van der Waals surface area (Å²) in [6, 6.07) is 7.65. The molecule has 238 valence electrons. The Labute approximate surface area is 266 Å². The van der Waals surface area contributed by atoms with Crippen LogP contribution >= 0.6 is 0 Å².